The van der Waals surface area contributed by atoms with Crippen LogP contribution in [0.5, 0.6) is 0 Å². The number of benzene rings is 2. The van der Waals surface area contributed by atoms with Crippen molar-refractivity contribution >= 4 is 33.9 Å². The van der Waals surface area contributed by atoms with E-state index in [1.165, 1.54) is 45.8 Å². The molecule has 3 rings (SSSR count). The quantitative estimate of drug-likeness (QED) is 0.331. The lowest BCUT2D eigenvalue weighted by atomic mass is 10.1. The molecule has 0 radical (unpaired) electrons. The summed E-state index contributed by atoms with van der Waals surface area (Å²) in [5.41, 5.74) is 15.8. The molecule has 0 bridgehead atoms. The van der Waals surface area contributed by atoms with Gasteiger partial charge in [-0.3, -0.25) is 10.8 Å². The van der Waals surface area contributed by atoms with E-state index in [9.17, 15) is 0 Å². The molecule has 6 N–H and O–H groups in total. The van der Waals surface area contributed by atoms with E-state index in [4.69, 9.17) is 22.3 Å². The minimum Gasteiger partial charge on any atom is -0.378 e. The first-order chi connectivity index (χ1) is 10.0. The lowest BCUT2D eigenvalue weighted by Gasteiger charge is -2.05. The van der Waals surface area contributed by atoms with E-state index >= 15 is 0 Å². The molecule has 4 nitrogen and oxygen atoms in total. The van der Waals surface area contributed by atoms with E-state index in [2.05, 4.69) is 24.3 Å². The first-order valence-electron chi connectivity index (χ1n) is 6.33. The van der Waals surface area contributed by atoms with Crippen LogP contribution in [0.25, 0.3) is 11.1 Å². The second-order valence-corrected chi connectivity index (χ2v) is 6.98. The van der Waals surface area contributed by atoms with Gasteiger partial charge in [0.2, 0.25) is 0 Å². The molecular weight excluding hydrogens is 300 g/mol. The zero-order valence-corrected chi connectivity index (χ0v) is 12.8. The van der Waals surface area contributed by atoms with Gasteiger partial charge in [-0.25, -0.2) is 0 Å². The summed E-state index contributed by atoms with van der Waals surface area (Å²) in [4.78, 5) is 1.98. The Kier molecular flexibility index (Phi) is 3.65. The Labute approximate surface area is 131 Å². The van der Waals surface area contributed by atoms with E-state index in [0.29, 0.717) is 0 Å². The molecule has 0 spiro atoms. The molecule has 0 heterocycles. The van der Waals surface area contributed by atoms with Crippen molar-refractivity contribution in [3.05, 3.63) is 47.5 Å². The van der Waals surface area contributed by atoms with E-state index in [0.717, 1.165) is 16.2 Å². The van der Waals surface area contributed by atoms with Crippen LogP contribution in [-0.2, 0) is 6.42 Å². The van der Waals surface area contributed by atoms with Crippen molar-refractivity contribution in [1.29, 1.82) is 10.8 Å². The molecule has 106 valence electrons. The fourth-order valence-corrected chi connectivity index (χ4v) is 3.68. The van der Waals surface area contributed by atoms with E-state index in [1.54, 1.807) is 0 Å². The van der Waals surface area contributed by atoms with Gasteiger partial charge >= 0.3 is 0 Å². The topological polar surface area (TPSA) is 99.7 Å². The van der Waals surface area contributed by atoms with Gasteiger partial charge in [0, 0.05) is 9.79 Å². The Balaban J connectivity index is 1.97. The molecule has 0 saturated heterocycles. The lowest BCUT2D eigenvalue weighted by Crippen LogP contribution is -2.02. The molecule has 0 aromatic heterocycles. The van der Waals surface area contributed by atoms with Crippen molar-refractivity contribution in [3.8, 4) is 11.1 Å². The Hall–Kier alpha value is -1.92. The van der Waals surface area contributed by atoms with Gasteiger partial charge in [0.05, 0.1) is 0 Å². The fourth-order valence-electron chi connectivity index (χ4n) is 2.53. The number of nitrogens with one attached hydrogen (secondary N) is 2. The molecule has 0 unspecified atom stereocenters. The summed E-state index contributed by atoms with van der Waals surface area (Å²) in [6.07, 6.45) is 0.891. The van der Waals surface area contributed by atoms with Crippen molar-refractivity contribution in [3.63, 3.8) is 0 Å². The maximum atomic E-state index is 7.37. The van der Waals surface area contributed by atoms with Crippen molar-refractivity contribution in [2.24, 2.45) is 11.5 Å². The molecule has 2 aromatic rings. The predicted octanol–water partition coefficient (Wildman–Crippen LogP) is 3.23. The second kappa shape index (κ2) is 5.46. The minimum absolute atomic E-state index is 0.0985. The first kappa shape index (κ1) is 14.0. The molecule has 21 heavy (non-hydrogen) atoms. The zero-order valence-electron chi connectivity index (χ0n) is 11.1. The molecule has 0 saturated carbocycles. The van der Waals surface area contributed by atoms with Crippen molar-refractivity contribution in [2.45, 2.75) is 16.2 Å². The second-order valence-electron chi connectivity index (χ2n) is 4.75. The molecule has 0 fully saturated rings. The lowest BCUT2D eigenvalue weighted by molar-refractivity contribution is 1.23. The van der Waals surface area contributed by atoms with Crippen LogP contribution in [0.15, 0.2) is 46.2 Å². The number of thioether (sulfide) groups is 2. The molecule has 0 atom stereocenters. The highest BCUT2D eigenvalue weighted by Gasteiger charge is 2.19. The first-order valence-corrected chi connectivity index (χ1v) is 7.96. The largest absolute Gasteiger partial charge is 0.378 e. The smallest absolute Gasteiger partial charge is 0.155 e. The van der Waals surface area contributed by atoms with Gasteiger partial charge in [0.15, 0.2) is 10.3 Å². The van der Waals surface area contributed by atoms with E-state index in [-0.39, 0.29) is 10.3 Å². The number of hydrogen-bond donors (Lipinski definition) is 4. The molecule has 0 aliphatic heterocycles. The monoisotopic (exact) mass is 314 g/mol. The molecule has 2 aromatic carbocycles. The number of nitrogens with two attached hydrogens (primary N) is 2. The fraction of sp³-hybridized carbons (Fsp3) is 0.0667. The molecule has 1 aliphatic rings. The van der Waals surface area contributed by atoms with E-state index in [1.807, 2.05) is 12.1 Å². The Morgan fingerprint density at radius 3 is 2.10 bits per heavy atom. The van der Waals surface area contributed by atoms with Crippen molar-refractivity contribution in [2.75, 3.05) is 0 Å². The van der Waals surface area contributed by atoms with Gasteiger partial charge in [-0.1, -0.05) is 35.7 Å². The normalized spacial score (nSPS) is 11.8. The SMILES string of the molecule is N=C(N)Sc1ccc2c(c1)Cc1ccc(SC(=N)N)cc1-2. The zero-order chi connectivity index (χ0) is 15.0. The van der Waals surface area contributed by atoms with Gasteiger partial charge in [0.1, 0.15) is 0 Å². The molecule has 1 aliphatic carbocycles. The third-order valence-corrected chi connectivity index (χ3v) is 4.70. The molecular formula is C15H14N4S2. The van der Waals surface area contributed by atoms with Gasteiger partial charge in [0.25, 0.3) is 0 Å². The Bertz CT molecular complexity index is 755. The van der Waals surface area contributed by atoms with Gasteiger partial charge < -0.3 is 11.5 Å². The van der Waals surface area contributed by atoms with Crippen LogP contribution >= 0.6 is 23.5 Å². The van der Waals surface area contributed by atoms with Gasteiger partial charge in [-0.2, -0.15) is 0 Å². The average molecular weight is 314 g/mol. The maximum Gasteiger partial charge on any atom is 0.155 e. The van der Waals surface area contributed by atoms with Crippen molar-refractivity contribution < 1.29 is 0 Å². The number of amidine groups is 2. The predicted molar refractivity (Wildman–Crippen MR) is 90.2 cm³/mol. The van der Waals surface area contributed by atoms with Crippen LogP contribution in [-0.4, -0.2) is 10.3 Å². The number of rotatable bonds is 2. The summed E-state index contributed by atoms with van der Waals surface area (Å²) in [6.45, 7) is 0. The summed E-state index contributed by atoms with van der Waals surface area (Å²) in [6, 6.07) is 12.4. The van der Waals surface area contributed by atoms with Crippen LogP contribution in [0.4, 0.5) is 0 Å². The maximum absolute atomic E-state index is 7.37. The molecule has 6 heteroatoms. The summed E-state index contributed by atoms with van der Waals surface area (Å²) in [5, 5.41) is 14.9. The highest BCUT2D eigenvalue weighted by atomic mass is 32.2. The number of hydrogen-bond acceptors (Lipinski definition) is 4. The Morgan fingerprint density at radius 2 is 1.43 bits per heavy atom. The van der Waals surface area contributed by atoms with Crippen LogP contribution in [0.3, 0.4) is 0 Å². The summed E-state index contributed by atoms with van der Waals surface area (Å²) < 4.78 is 0. The number of fused-ring (bicyclic) bond motifs is 3. The summed E-state index contributed by atoms with van der Waals surface area (Å²) in [7, 11) is 0. The Morgan fingerprint density at radius 1 is 0.810 bits per heavy atom. The average Bonchev–Trinajstić information content (AvgIpc) is 2.74. The van der Waals surface area contributed by atoms with Crippen LogP contribution in [0, 0.1) is 10.8 Å². The molecule has 0 amide bonds. The van der Waals surface area contributed by atoms with Crippen molar-refractivity contribution in [1.82, 2.24) is 0 Å². The van der Waals surface area contributed by atoms with Crippen LogP contribution < -0.4 is 11.5 Å². The van der Waals surface area contributed by atoms with Crippen LogP contribution in [0.2, 0.25) is 0 Å². The van der Waals surface area contributed by atoms with Gasteiger partial charge in [-0.05, 0) is 52.9 Å². The standard InChI is InChI=1S/C15H14N4S2/c16-14(17)20-10-3-4-12-9(6-10)5-8-1-2-11(7-13(8)12)21-15(18)19/h1-4,6-7H,5H2,(H3,16,17)(H3,18,19). The van der Waals surface area contributed by atoms with Gasteiger partial charge in [-0.15, -0.1) is 0 Å². The highest BCUT2D eigenvalue weighted by molar-refractivity contribution is 8.14. The summed E-state index contributed by atoms with van der Waals surface area (Å²) in [5.74, 6) is 0. The highest BCUT2D eigenvalue weighted by Crippen LogP contribution is 2.40. The third-order valence-electron chi connectivity index (χ3n) is 3.28. The minimum atomic E-state index is 0.0985. The summed E-state index contributed by atoms with van der Waals surface area (Å²) >= 11 is 2.53. The van der Waals surface area contributed by atoms with E-state index < -0.39 is 0 Å². The third kappa shape index (κ3) is 2.91. The van der Waals surface area contributed by atoms with Crippen LogP contribution in [0.1, 0.15) is 11.1 Å².